The smallest absolute Gasteiger partial charge is 0.325 e. The predicted octanol–water partition coefficient (Wildman–Crippen LogP) is 2.70. The van der Waals surface area contributed by atoms with E-state index in [-0.39, 0.29) is 12.6 Å². The molecule has 0 aliphatic heterocycles. The number of thiazole rings is 1. The van der Waals surface area contributed by atoms with Gasteiger partial charge in [-0.1, -0.05) is 23.5 Å². The lowest BCUT2D eigenvalue weighted by Crippen LogP contribution is -2.22. The van der Waals surface area contributed by atoms with Crippen molar-refractivity contribution in [2.75, 3.05) is 7.11 Å². The Hall–Kier alpha value is -2.74. The van der Waals surface area contributed by atoms with E-state index >= 15 is 0 Å². The van der Waals surface area contributed by atoms with E-state index in [4.69, 9.17) is 4.74 Å². The van der Waals surface area contributed by atoms with Crippen LogP contribution in [0.25, 0.3) is 10.2 Å². The molecular weight excluding hydrogens is 352 g/mol. The van der Waals surface area contributed by atoms with Gasteiger partial charge < -0.3 is 9.30 Å². The third-order valence-corrected chi connectivity index (χ3v) is 4.99. The lowest BCUT2D eigenvalue weighted by molar-refractivity contribution is -0.141. The minimum absolute atomic E-state index is 0.00785. The molecule has 8 heteroatoms. The minimum Gasteiger partial charge on any atom is -0.468 e. The van der Waals surface area contributed by atoms with Gasteiger partial charge >= 0.3 is 5.97 Å². The van der Waals surface area contributed by atoms with Crippen molar-refractivity contribution in [3.63, 3.8) is 0 Å². The van der Waals surface area contributed by atoms with Crippen LogP contribution in [0.15, 0.2) is 35.3 Å². The van der Waals surface area contributed by atoms with Gasteiger partial charge in [-0.25, -0.2) is 0 Å². The van der Waals surface area contributed by atoms with Crippen LogP contribution in [-0.2, 0) is 16.1 Å². The number of hydrogen-bond donors (Lipinski definition) is 0. The number of amides is 1. The molecular formula is C18H20N4O3S. The average Bonchev–Trinajstić information content (AvgIpc) is 3.16. The maximum atomic E-state index is 12.6. The Morgan fingerprint density at radius 3 is 2.69 bits per heavy atom. The van der Waals surface area contributed by atoms with Crippen molar-refractivity contribution in [2.24, 2.45) is 4.99 Å². The fourth-order valence-corrected chi connectivity index (χ4v) is 3.74. The summed E-state index contributed by atoms with van der Waals surface area (Å²) in [6.45, 7) is 5.90. The molecule has 0 aliphatic rings. The van der Waals surface area contributed by atoms with Gasteiger partial charge in [-0.05, 0) is 39.0 Å². The summed E-state index contributed by atoms with van der Waals surface area (Å²) in [6.07, 6.45) is 0. The zero-order chi connectivity index (χ0) is 18.8. The summed E-state index contributed by atoms with van der Waals surface area (Å²) in [5.41, 5.74) is 2.02. The third-order valence-electron chi connectivity index (χ3n) is 3.93. The Morgan fingerprint density at radius 2 is 2.04 bits per heavy atom. The first-order valence-electron chi connectivity index (χ1n) is 8.21. The highest BCUT2D eigenvalue weighted by Crippen LogP contribution is 2.17. The van der Waals surface area contributed by atoms with E-state index in [1.54, 1.807) is 15.3 Å². The summed E-state index contributed by atoms with van der Waals surface area (Å²) >= 11 is 1.35. The Morgan fingerprint density at radius 1 is 1.31 bits per heavy atom. The highest BCUT2D eigenvalue weighted by molar-refractivity contribution is 7.16. The molecule has 0 saturated carbocycles. The van der Waals surface area contributed by atoms with Gasteiger partial charge in [0.15, 0.2) is 10.5 Å². The summed E-state index contributed by atoms with van der Waals surface area (Å²) in [5, 5.41) is 4.34. The number of esters is 1. The first-order chi connectivity index (χ1) is 12.4. The molecule has 0 fully saturated rings. The third kappa shape index (κ3) is 3.45. The van der Waals surface area contributed by atoms with Crippen LogP contribution in [0.5, 0.6) is 0 Å². The standard InChI is InChI=1S/C18H20N4O3S/c1-11(2)22-12(3)9-13(20-22)17(24)19-18-21(10-16(23)25-4)14-7-5-6-8-15(14)26-18/h5-9,11H,10H2,1-4H3. The SMILES string of the molecule is COC(=O)Cn1c(=NC(=O)c2cc(C)n(C(C)C)n2)sc2ccccc21. The second-order valence-corrected chi connectivity index (χ2v) is 7.15. The number of fused-ring (bicyclic) bond motifs is 1. The second-order valence-electron chi connectivity index (χ2n) is 6.14. The number of para-hydroxylation sites is 1. The van der Waals surface area contributed by atoms with Gasteiger partial charge in [-0.15, -0.1) is 0 Å². The lowest BCUT2D eigenvalue weighted by atomic mass is 10.3. The first-order valence-corrected chi connectivity index (χ1v) is 9.02. The van der Waals surface area contributed by atoms with Gasteiger partial charge in [0.1, 0.15) is 6.54 Å². The molecule has 2 aromatic heterocycles. The molecule has 0 atom stereocenters. The maximum absolute atomic E-state index is 12.6. The molecule has 3 rings (SSSR count). The number of ether oxygens (including phenoxy) is 1. The second kappa shape index (κ2) is 7.25. The van der Waals surface area contributed by atoms with Crippen molar-refractivity contribution in [3.05, 3.63) is 46.5 Å². The molecule has 0 aliphatic carbocycles. The van der Waals surface area contributed by atoms with E-state index in [0.717, 1.165) is 15.9 Å². The van der Waals surface area contributed by atoms with E-state index in [0.29, 0.717) is 10.5 Å². The minimum atomic E-state index is -0.433. The van der Waals surface area contributed by atoms with Crippen molar-refractivity contribution in [1.82, 2.24) is 14.3 Å². The van der Waals surface area contributed by atoms with E-state index < -0.39 is 11.9 Å². The van der Waals surface area contributed by atoms with Crippen LogP contribution < -0.4 is 4.80 Å². The molecule has 1 aromatic carbocycles. The number of aryl methyl sites for hydroxylation is 1. The fraction of sp³-hybridized carbons (Fsp3) is 0.333. The summed E-state index contributed by atoms with van der Waals surface area (Å²) in [4.78, 5) is 29.1. The average molecular weight is 372 g/mol. The number of rotatable bonds is 4. The van der Waals surface area contributed by atoms with Crippen LogP contribution in [0.3, 0.4) is 0 Å². The zero-order valence-electron chi connectivity index (χ0n) is 15.1. The molecule has 0 bridgehead atoms. The quantitative estimate of drug-likeness (QED) is 0.660. The highest BCUT2D eigenvalue weighted by atomic mass is 32.1. The highest BCUT2D eigenvalue weighted by Gasteiger charge is 2.15. The Balaban J connectivity index is 2.08. The summed E-state index contributed by atoms with van der Waals surface area (Å²) in [5.74, 6) is -0.833. The van der Waals surface area contributed by atoms with E-state index in [2.05, 4.69) is 10.1 Å². The molecule has 136 valence electrons. The molecule has 0 unspecified atom stereocenters. The van der Waals surface area contributed by atoms with Crippen molar-refractivity contribution < 1.29 is 14.3 Å². The summed E-state index contributed by atoms with van der Waals surface area (Å²) in [7, 11) is 1.33. The number of carbonyl (C=O) groups is 2. The van der Waals surface area contributed by atoms with E-state index in [1.807, 2.05) is 45.0 Å². The van der Waals surface area contributed by atoms with E-state index in [1.165, 1.54) is 18.4 Å². The molecule has 1 amide bonds. The summed E-state index contributed by atoms with van der Waals surface area (Å²) in [6, 6.07) is 9.47. The monoisotopic (exact) mass is 372 g/mol. The summed E-state index contributed by atoms with van der Waals surface area (Å²) < 4.78 is 9.18. The molecule has 7 nitrogen and oxygen atoms in total. The maximum Gasteiger partial charge on any atom is 0.325 e. The van der Waals surface area contributed by atoms with Gasteiger partial charge in [-0.3, -0.25) is 14.3 Å². The van der Waals surface area contributed by atoms with Gasteiger partial charge in [0.25, 0.3) is 5.91 Å². The van der Waals surface area contributed by atoms with Crippen molar-refractivity contribution in [2.45, 2.75) is 33.4 Å². The fourth-order valence-electron chi connectivity index (χ4n) is 2.71. The van der Waals surface area contributed by atoms with Gasteiger partial charge in [-0.2, -0.15) is 10.1 Å². The Bertz CT molecular complexity index is 1040. The number of methoxy groups -OCH3 is 1. The lowest BCUT2D eigenvalue weighted by Gasteiger charge is -2.06. The first kappa shape index (κ1) is 18.1. The number of nitrogens with zero attached hydrogens (tertiary/aromatic N) is 4. The van der Waals surface area contributed by atoms with Crippen molar-refractivity contribution in [1.29, 1.82) is 0 Å². The van der Waals surface area contributed by atoms with Gasteiger partial charge in [0, 0.05) is 11.7 Å². The van der Waals surface area contributed by atoms with Crippen molar-refractivity contribution >= 4 is 33.4 Å². The number of aromatic nitrogens is 3. The topological polar surface area (TPSA) is 78.5 Å². The largest absolute Gasteiger partial charge is 0.468 e. The molecule has 0 spiro atoms. The van der Waals surface area contributed by atoms with Crippen LogP contribution in [0, 0.1) is 6.92 Å². The molecule has 0 N–H and O–H groups in total. The molecule has 0 radical (unpaired) electrons. The van der Waals surface area contributed by atoms with E-state index in [9.17, 15) is 9.59 Å². The van der Waals surface area contributed by atoms with Crippen LogP contribution in [0.4, 0.5) is 0 Å². The van der Waals surface area contributed by atoms with Crippen molar-refractivity contribution in [3.8, 4) is 0 Å². The van der Waals surface area contributed by atoms with Crippen LogP contribution in [0.2, 0.25) is 0 Å². The van der Waals surface area contributed by atoms with Crippen LogP contribution >= 0.6 is 11.3 Å². The zero-order valence-corrected chi connectivity index (χ0v) is 15.9. The molecule has 0 saturated heterocycles. The Labute approximate surface area is 154 Å². The van der Waals surface area contributed by atoms with Gasteiger partial charge in [0.05, 0.1) is 17.3 Å². The molecule has 26 heavy (non-hydrogen) atoms. The molecule has 3 aromatic rings. The predicted molar refractivity (Wildman–Crippen MR) is 99.1 cm³/mol. The number of hydrogen-bond acceptors (Lipinski definition) is 5. The van der Waals surface area contributed by atoms with Gasteiger partial charge in [0.2, 0.25) is 0 Å². The molecule has 2 heterocycles. The van der Waals surface area contributed by atoms with Crippen LogP contribution in [-0.4, -0.2) is 33.3 Å². The van der Waals surface area contributed by atoms with Crippen LogP contribution in [0.1, 0.15) is 36.1 Å². The normalized spacial score (nSPS) is 12.1. The Kier molecular flexibility index (Phi) is 5.03. The number of benzene rings is 1. The number of carbonyl (C=O) groups excluding carboxylic acids is 2.